The van der Waals surface area contributed by atoms with Gasteiger partial charge < -0.3 is 0 Å². The van der Waals surface area contributed by atoms with Gasteiger partial charge in [0.05, 0.1) is 27.9 Å². The van der Waals surface area contributed by atoms with Crippen LogP contribution in [0.15, 0.2) is 47.4 Å². The first kappa shape index (κ1) is 19.8. The molecule has 2 atom stereocenters. The number of benzene rings is 2. The highest BCUT2D eigenvalue weighted by Gasteiger charge is 2.46. The molecule has 2 aliphatic rings. The van der Waals surface area contributed by atoms with Crippen LogP contribution in [0, 0.1) is 0 Å². The Balaban J connectivity index is 1.79. The Hall–Kier alpha value is -1.49. The van der Waals surface area contributed by atoms with Crippen molar-refractivity contribution in [2.45, 2.75) is 29.8 Å². The topological polar surface area (TPSA) is 106 Å². The molecule has 4 rings (SSSR count). The third-order valence-electron chi connectivity index (χ3n) is 5.43. The molecule has 2 heterocycles. The summed E-state index contributed by atoms with van der Waals surface area (Å²) in [5, 5.41) is 1.64. The highest BCUT2D eigenvalue weighted by molar-refractivity contribution is 7.92. The lowest BCUT2D eigenvalue weighted by molar-refractivity contribution is 0.280. The smallest absolute Gasteiger partial charge is 0.229 e. The first-order chi connectivity index (χ1) is 13.1. The molecule has 2 fully saturated rings. The third kappa shape index (κ3) is 3.70. The number of hydrogen-bond donors (Lipinski definition) is 0. The largest absolute Gasteiger partial charge is 0.243 e. The fourth-order valence-electron chi connectivity index (χ4n) is 4.09. The van der Waals surface area contributed by atoms with Crippen LogP contribution in [0.4, 0.5) is 0 Å². The van der Waals surface area contributed by atoms with Crippen molar-refractivity contribution >= 4 is 40.5 Å². The van der Waals surface area contributed by atoms with Gasteiger partial charge in [-0.3, -0.25) is 0 Å². The van der Waals surface area contributed by atoms with Crippen LogP contribution in [-0.2, 0) is 29.7 Å². The molecule has 0 aromatic heterocycles. The lowest BCUT2D eigenvalue weighted by Gasteiger charge is -2.32. The van der Waals surface area contributed by atoms with Crippen molar-refractivity contribution < 1.29 is 25.3 Å². The van der Waals surface area contributed by atoms with E-state index < -0.39 is 41.8 Å². The number of nitrogens with zero attached hydrogens (tertiary/aromatic N) is 1. The SMILES string of the molecule is O=S1(=O)CC[C@@H](N([C@@H]2CCS(=O)(=O)C2)S(=O)(=O)c2ccc3ccccc3c2)C1. The summed E-state index contributed by atoms with van der Waals surface area (Å²) in [5.41, 5.74) is 0. The second-order valence-corrected chi connectivity index (χ2v) is 13.8. The summed E-state index contributed by atoms with van der Waals surface area (Å²) >= 11 is 0. The molecule has 0 unspecified atom stereocenters. The van der Waals surface area contributed by atoms with Crippen molar-refractivity contribution in [1.82, 2.24) is 4.31 Å². The average molecular weight is 444 g/mol. The molecule has 28 heavy (non-hydrogen) atoms. The van der Waals surface area contributed by atoms with E-state index in [4.69, 9.17) is 0 Å². The summed E-state index contributed by atoms with van der Waals surface area (Å²) in [4.78, 5) is 0.0554. The van der Waals surface area contributed by atoms with Gasteiger partial charge in [0.2, 0.25) is 10.0 Å². The van der Waals surface area contributed by atoms with Crippen LogP contribution in [0.1, 0.15) is 12.8 Å². The van der Waals surface area contributed by atoms with E-state index >= 15 is 0 Å². The molecular weight excluding hydrogens is 422 g/mol. The first-order valence-electron chi connectivity index (χ1n) is 9.01. The zero-order valence-corrected chi connectivity index (χ0v) is 17.5. The molecule has 0 saturated carbocycles. The Bertz CT molecular complexity index is 1190. The molecule has 0 spiro atoms. The molecule has 0 bridgehead atoms. The standard InChI is InChI=1S/C18H21NO6S3/c20-26(21)9-7-16(12-26)19(17-8-10-27(22,23)13-17)28(24,25)18-6-5-14-3-1-2-4-15(14)11-18/h1-6,11,16-17H,7-10,12-13H2/t16-,17-/m1/s1. The number of sulfonamides is 1. The van der Waals surface area contributed by atoms with E-state index in [1.54, 1.807) is 18.2 Å². The fourth-order valence-corrected chi connectivity index (χ4v) is 9.61. The summed E-state index contributed by atoms with van der Waals surface area (Å²) in [7, 11) is -10.7. The zero-order chi connectivity index (χ0) is 20.2. The van der Waals surface area contributed by atoms with E-state index in [1.165, 1.54) is 10.4 Å². The van der Waals surface area contributed by atoms with Crippen LogP contribution in [0.2, 0.25) is 0 Å². The van der Waals surface area contributed by atoms with Gasteiger partial charge in [-0.2, -0.15) is 4.31 Å². The molecule has 2 aromatic carbocycles. The third-order valence-corrected chi connectivity index (χ3v) is 10.9. The Morgan fingerprint density at radius 2 is 1.32 bits per heavy atom. The summed E-state index contributed by atoms with van der Waals surface area (Å²) in [5.74, 6) is -0.700. The lowest BCUT2D eigenvalue weighted by atomic mass is 10.1. The highest BCUT2D eigenvalue weighted by Crippen LogP contribution is 2.32. The minimum absolute atomic E-state index is 0.0554. The van der Waals surface area contributed by atoms with E-state index in [1.807, 2.05) is 18.2 Å². The summed E-state index contributed by atoms with van der Waals surface area (Å²) < 4.78 is 76.1. The van der Waals surface area contributed by atoms with E-state index in [2.05, 4.69) is 0 Å². The zero-order valence-electron chi connectivity index (χ0n) is 15.1. The molecule has 152 valence electrons. The monoisotopic (exact) mass is 443 g/mol. The summed E-state index contributed by atoms with van der Waals surface area (Å²) in [6, 6.07) is 10.6. The van der Waals surface area contributed by atoms with Crippen LogP contribution in [-0.4, -0.2) is 64.7 Å². The maximum atomic E-state index is 13.5. The molecule has 0 aliphatic carbocycles. The molecule has 2 aliphatic heterocycles. The van der Waals surface area contributed by atoms with E-state index in [0.29, 0.717) is 0 Å². The Kier molecular flexibility index (Phi) is 4.80. The quantitative estimate of drug-likeness (QED) is 0.703. The van der Waals surface area contributed by atoms with Gasteiger partial charge in [-0.1, -0.05) is 30.3 Å². The Labute approximate surface area is 165 Å². The normalized spacial score (nSPS) is 26.8. The average Bonchev–Trinajstić information content (AvgIpc) is 3.16. The molecule has 2 aromatic rings. The van der Waals surface area contributed by atoms with Crippen LogP contribution < -0.4 is 0 Å². The van der Waals surface area contributed by atoms with Crippen molar-refractivity contribution in [1.29, 1.82) is 0 Å². The number of rotatable bonds is 4. The number of sulfone groups is 2. The second-order valence-electron chi connectivity index (χ2n) is 7.46. The molecular formula is C18H21NO6S3. The number of hydrogen-bond acceptors (Lipinski definition) is 6. The van der Waals surface area contributed by atoms with Crippen LogP contribution in [0.3, 0.4) is 0 Å². The summed E-state index contributed by atoms with van der Waals surface area (Å²) in [6.45, 7) is 0. The van der Waals surface area contributed by atoms with Crippen molar-refractivity contribution in [2.24, 2.45) is 0 Å². The van der Waals surface area contributed by atoms with Gasteiger partial charge in [0.25, 0.3) is 0 Å². The van der Waals surface area contributed by atoms with Gasteiger partial charge >= 0.3 is 0 Å². The predicted octanol–water partition coefficient (Wildman–Crippen LogP) is 1.20. The van der Waals surface area contributed by atoms with E-state index in [-0.39, 0.29) is 40.7 Å². The number of fused-ring (bicyclic) bond motifs is 1. The van der Waals surface area contributed by atoms with Crippen molar-refractivity contribution in [2.75, 3.05) is 23.0 Å². The lowest BCUT2D eigenvalue weighted by Crippen LogP contribution is -2.48. The molecule has 10 heteroatoms. The first-order valence-corrected chi connectivity index (χ1v) is 14.1. The van der Waals surface area contributed by atoms with Gasteiger partial charge in [0.15, 0.2) is 19.7 Å². The molecule has 7 nitrogen and oxygen atoms in total. The minimum Gasteiger partial charge on any atom is -0.229 e. The summed E-state index contributed by atoms with van der Waals surface area (Å²) in [6.07, 6.45) is 0.372. The molecule has 0 N–H and O–H groups in total. The maximum absolute atomic E-state index is 13.5. The Morgan fingerprint density at radius 3 is 1.82 bits per heavy atom. The fraction of sp³-hybridized carbons (Fsp3) is 0.444. The second kappa shape index (κ2) is 6.79. The van der Waals surface area contributed by atoms with E-state index in [9.17, 15) is 25.3 Å². The van der Waals surface area contributed by atoms with Crippen molar-refractivity contribution in [3.63, 3.8) is 0 Å². The molecule has 0 radical (unpaired) electrons. The molecule has 0 amide bonds. The van der Waals surface area contributed by atoms with Gasteiger partial charge in [-0.15, -0.1) is 0 Å². The van der Waals surface area contributed by atoms with Crippen LogP contribution in [0.5, 0.6) is 0 Å². The molecule has 2 saturated heterocycles. The van der Waals surface area contributed by atoms with Crippen molar-refractivity contribution in [3.8, 4) is 0 Å². The van der Waals surface area contributed by atoms with Gasteiger partial charge in [0, 0.05) is 12.1 Å². The van der Waals surface area contributed by atoms with Crippen molar-refractivity contribution in [3.05, 3.63) is 42.5 Å². The minimum atomic E-state index is -4.06. The van der Waals surface area contributed by atoms with Gasteiger partial charge in [-0.05, 0) is 35.7 Å². The predicted molar refractivity (Wildman–Crippen MR) is 107 cm³/mol. The van der Waals surface area contributed by atoms with Crippen LogP contribution >= 0.6 is 0 Å². The highest BCUT2D eigenvalue weighted by atomic mass is 32.2. The van der Waals surface area contributed by atoms with Gasteiger partial charge in [-0.25, -0.2) is 25.3 Å². The van der Waals surface area contributed by atoms with E-state index in [0.717, 1.165) is 10.8 Å². The van der Waals surface area contributed by atoms with Gasteiger partial charge in [0.1, 0.15) is 0 Å². The van der Waals surface area contributed by atoms with Crippen LogP contribution in [0.25, 0.3) is 10.8 Å². The maximum Gasteiger partial charge on any atom is 0.243 e. The Morgan fingerprint density at radius 1 is 0.786 bits per heavy atom.